The average molecular weight is 843 g/mol. The lowest BCUT2D eigenvalue weighted by Gasteiger charge is -2.35. The zero-order valence-electron chi connectivity index (χ0n) is 38.6. The Morgan fingerprint density at radius 1 is 0.484 bits per heavy atom. The van der Waals surface area contributed by atoms with Crippen molar-refractivity contribution in [2.75, 3.05) is 113 Å². The molecule has 0 spiro atoms. The number of likely N-dealkylation sites (N-methyl/N-ethyl adjacent to an activating group) is 2. The Bertz CT molecular complexity index is 1950. The summed E-state index contributed by atoms with van der Waals surface area (Å²) in [6.45, 7) is 18.3. The predicted octanol–water partition coefficient (Wildman–Crippen LogP) is 7.83. The van der Waals surface area contributed by atoms with Crippen LogP contribution in [0.25, 0.3) is 0 Å². The van der Waals surface area contributed by atoms with Gasteiger partial charge in [0.05, 0.1) is 11.2 Å². The van der Waals surface area contributed by atoms with Gasteiger partial charge in [-0.05, 0) is 126 Å². The first-order valence-corrected chi connectivity index (χ1v) is 22.7. The summed E-state index contributed by atoms with van der Waals surface area (Å²) in [5, 5.41) is 0. The lowest BCUT2D eigenvalue weighted by atomic mass is 9.96. The van der Waals surface area contributed by atoms with Crippen molar-refractivity contribution in [2.45, 2.75) is 64.6 Å². The molecule has 0 N–H and O–H groups in total. The molecule has 4 aromatic carbocycles. The molecule has 4 fully saturated rings. The van der Waals surface area contributed by atoms with E-state index in [1.54, 1.807) is 14.2 Å². The second-order valence-corrected chi connectivity index (χ2v) is 18.7. The number of benzene rings is 4. The van der Waals surface area contributed by atoms with E-state index in [1.807, 2.05) is 9.80 Å². The van der Waals surface area contributed by atoms with Gasteiger partial charge in [0, 0.05) is 114 Å². The van der Waals surface area contributed by atoms with Gasteiger partial charge in [0.25, 0.3) is 0 Å². The number of carbonyl (C=O) groups is 2. The van der Waals surface area contributed by atoms with Gasteiger partial charge in [-0.25, -0.2) is 0 Å². The topological polar surface area (TPSA) is 72.0 Å². The standard InChI is InChI=1S/2C26H35N3O2/c2*1-26(2,31-4)22-9-11-23(12-10-22)29-14-13-21(25(29)30)19-20-7-5-6-8-24(20)28-17-15-27(3)16-18-28/h2*5-12,21H,13-19H2,1-4H3/t21-;/m0./s1. The summed E-state index contributed by atoms with van der Waals surface area (Å²) in [5.74, 6) is 0.575. The second kappa shape index (κ2) is 19.8. The maximum absolute atomic E-state index is 13.3. The summed E-state index contributed by atoms with van der Waals surface area (Å²) in [6.07, 6.45) is 3.43. The number of hydrogen-bond donors (Lipinski definition) is 0. The molecule has 4 aromatic rings. The molecule has 332 valence electrons. The van der Waals surface area contributed by atoms with Crippen LogP contribution in [-0.2, 0) is 43.1 Å². The third-order valence-electron chi connectivity index (χ3n) is 14.0. The number of rotatable bonds is 12. The minimum absolute atomic E-state index is 0.0451. The van der Waals surface area contributed by atoms with Crippen molar-refractivity contribution in [3.05, 3.63) is 119 Å². The van der Waals surface area contributed by atoms with E-state index < -0.39 is 0 Å². The molecule has 1 unspecified atom stereocenters. The quantitative estimate of drug-likeness (QED) is 0.143. The van der Waals surface area contributed by atoms with Gasteiger partial charge in [-0.15, -0.1) is 0 Å². The zero-order valence-corrected chi connectivity index (χ0v) is 38.6. The van der Waals surface area contributed by atoms with Crippen LogP contribution >= 0.6 is 0 Å². The fourth-order valence-corrected chi connectivity index (χ4v) is 9.30. The van der Waals surface area contributed by atoms with Crippen LogP contribution in [0.5, 0.6) is 0 Å². The summed E-state index contributed by atoms with van der Waals surface area (Å²) in [6, 6.07) is 33.7. The Morgan fingerprint density at radius 2 is 0.823 bits per heavy atom. The van der Waals surface area contributed by atoms with Gasteiger partial charge in [-0.1, -0.05) is 60.7 Å². The van der Waals surface area contributed by atoms with E-state index in [1.165, 1.54) is 22.5 Å². The fraction of sp³-hybridized carbons (Fsp3) is 0.500. The number of piperazine rings is 2. The number of hydrogen-bond acceptors (Lipinski definition) is 8. The highest BCUT2D eigenvalue weighted by molar-refractivity contribution is 5.98. The van der Waals surface area contributed by atoms with Gasteiger partial charge < -0.3 is 38.9 Å². The lowest BCUT2D eigenvalue weighted by Crippen LogP contribution is -2.44. The summed E-state index contributed by atoms with van der Waals surface area (Å²) in [4.78, 5) is 40.1. The molecule has 0 saturated carbocycles. The summed E-state index contributed by atoms with van der Waals surface area (Å²) in [5.41, 5.74) is 8.72. The number of ether oxygens (including phenoxy) is 2. The molecule has 0 radical (unpaired) electrons. The largest absolute Gasteiger partial charge is 0.374 e. The van der Waals surface area contributed by atoms with Crippen LogP contribution in [0.1, 0.15) is 62.8 Å². The van der Waals surface area contributed by atoms with Crippen LogP contribution in [0.3, 0.4) is 0 Å². The first-order chi connectivity index (χ1) is 29.8. The van der Waals surface area contributed by atoms with E-state index in [9.17, 15) is 9.59 Å². The van der Waals surface area contributed by atoms with E-state index in [-0.39, 0.29) is 34.9 Å². The predicted molar refractivity (Wildman–Crippen MR) is 254 cm³/mol. The third kappa shape index (κ3) is 10.4. The molecule has 62 heavy (non-hydrogen) atoms. The Hall–Kier alpha value is -4.74. The van der Waals surface area contributed by atoms with Gasteiger partial charge >= 0.3 is 0 Å². The van der Waals surface area contributed by atoms with Gasteiger partial charge in [-0.2, -0.15) is 0 Å². The van der Waals surface area contributed by atoms with Crippen LogP contribution < -0.4 is 19.6 Å². The van der Waals surface area contributed by atoms with E-state index in [2.05, 4.69) is 158 Å². The van der Waals surface area contributed by atoms with Crippen LogP contribution in [0.2, 0.25) is 0 Å². The molecule has 10 heteroatoms. The van der Waals surface area contributed by atoms with Crippen LogP contribution in [-0.4, -0.2) is 115 Å². The number of nitrogens with zero attached hydrogens (tertiary/aromatic N) is 6. The summed E-state index contributed by atoms with van der Waals surface area (Å²) in [7, 11) is 7.81. The highest BCUT2D eigenvalue weighted by atomic mass is 16.5. The number of amides is 2. The maximum Gasteiger partial charge on any atom is 0.230 e. The Balaban J connectivity index is 0.000000186. The highest BCUT2D eigenvalue weighted by Gasteiger charge is 2.35. The molecular weight excluding hydrogens is 773 g/mol. The normalized spacial score (nSPS) is 20.5. The SMILES string of the molecule is COC(C)(C)c1ccc(N2CCC(Cc3ccccc3N3CCN(C)CC3)C2=O)cc1.COC(C)(C)c1ccc(N2CC[C@@H](Cc3ccccc3N3CCN(C)CC3)C2=O)cc1. The molecule has 4 heterocycles. The first kappa shape index (κ1) is 45.3. The van der Waals surface area contributed by atoms with Crippen molar-refractivity contribution < 1.29 is 19.1 Å². The molecule has 0 aliphatic carbocycles. The number of para-hydroxylation sites is 2. The average Bonchev–Trinajstić information content (AvgIpc) is 3.85. The summed E-state index contributed by atoms with van der Waals surface area (Å²) < 4.78 is 11.1. The molecule has 4 aliphatic rings. The van der Waals surface area contributed by atoms with Crippen LogP contribution in [0.15, 0.2) is 97.1 Å². The minimum atomic E-state index is -0.330. The van der Waals surface area contributed by atoms with Crippen molar-refractivity contribution in [1.82, 2.24) is 9.80 Å². The Labute approximate surface area is 371 Å². The Kier molecular flexibility index (Phi) is 14.4. The van der Waals surface area contributed by atoms with Crippen molar-refractivity contribution in [1.29, 1.82) is 0 Å². The van der Waals surface area contributed by atoms with E-state index in [0.717, 1.165) is 114 Å². The van der Waals surface area contributed by atoms with Crippen molar-refractivity contribution in [3.63, 3.8) is 0 Å². The number of carbonyl (C=O) groups excluding carboxylic acids is 2. The molecule has 0 bridgehead atoms. The molecule has 4 saturated heterocycles. The van der Waals surface area contributed by atoms with Gasteiger partial charge in [0.2, 0.25) is 11.8 Å². The lowest BCUT2D eigenvalue weighted by molar-refractivity contribution is -0.121. The third-order valence-corrected chi connectivity index (χ3v) is 14.0. The van der Waals surface area contributed by atoms with Gasteiger partial charge in [0.15, 0.2) is 0 Å². The van der Waals surface area contributed by atoms with Gasteiger partial charge in [0.1, 0.15) is 0 Å². The van der Waals surface area contributed by atoms with Gasteiger partial charge in [-0.3, -0.25) is 9.59 Å². The molecule has 0 aromatic heterocycles. The smallest absolute Gasteiger partial charge is 0.230 e. The Morgan fingerprint density at radius 3 is 1.16 bits per heavy atom. The van der Waals surface area contributed by atoms with Crippen molar-refractivity contribution in [2.24, 2.45) is 11.8 Å². The number of anilines is 4. The van der Waals surface area contributed by atoms with E-state index >= 15 is 0 Å². The first-order valence-electron chi connectivity index (χ1n) is 22.7. The second-order valence-electron chi connectivity index (χ2n) is 18.7. The number of methoxy groups -OCH3 is 2. The van der Waals surface area contributed by atoms with Crippen LogP contribution in [0, 0.1) is 11.8 Å². The summed E-state index contributed by atoms with van der Waals surface area (Å²) >= 11 is 0. The molecule has 4 aliphatic heterocycles. The van der Waals surface area contributed by atoms with Crippen molar-refractivity contribution >= 4 is 34.6 Å². The van der Waals surface area contributed by atoms with Crippen molar-refractivity contribution in [3.8, 4) is 0 Å². The molecule has 2 atom stereocenters. The molecule has 10 nitrogen and oxygen atoms in total. The molecular formula is C52H70N6O4. The van der Waals surface area contributed by atoms with E-state index in [0.29, 0.717) is 0 Å². The zero-order chi connectivity index (χ0) is 44.0. The maximum atomic E-state index is 13.3. The van der Waals surface area contributed by atoms with E-state index in [4.69, 9.17) is 9.47 Å². The van der Waals surface area contributed by atoms with Crippen LogP contribution in [0.4, 0.5) is 22.7 Å². The molecule has 8 rings (SSSR count). The monoisotopic (exact) mass is 843 g/mol. The highest BCUT2D eigenvalue weighted by Crippen LogP contribution is 2.35. The fourth-order valence-electron chi connectivity index (χ4n) is 9.30. The minimum Gasteiger partial charge on any atom is -0.374 e. The molecule has 2 amide bonds.